The van der Waals surface area contributed by atoms with Gasteiger partial charge in [-0.15, -0.1) is 0 Å². The lowest BCUT2D eigenvalue weighted by Gasteiger charge is -2.20. The van der Waals surface area contributed by atoms with Gasteiger partial charge in [-0.3, -0.25) is 9.78 Å². The standard InChI is InChI=1S/C27H28FN7O2.H2S/c1-16(19-3-4-21(28)24-20(27(36)29-2)5-8-30-25(19)24)12-31-23-11-22(34-15-35-23)18-13-32-26(33-14-18)17-6-9-37-10-7-17;/h3-5,8,11,13-17H,6-7,9-10,12H2,1-2H3,(H,29,36)(H,31,34,35);1H2/t16-;/m1./s1. The van der Waals surface area contributed by atoms with E-state index in [1.54, 1.807) is 18.5 Å². The molecule has 0 aliphatic carbocycles. The first-order valence-electron chi connectivity index (χ1n) is 12.3. The van der Waals surface area contributed by atoms with Crippen LogP contribution in [-0.4, -0.2) is 57.6 Å². The van der Waals surface area contributed by atoms with Crippen LogP contribution in [0.3, 0.4) is 0 Å². The summed E-state index contributed by atoms with van der Waals surface area (Å²) in [6.07, 6.45) is 8.50. The second-order valence-electron chi connectivity index (χ2n) is 9.08. The summed E-state index contributed by atoms with van der Waals surface area (Å²) in [5.41, 5.74) is 3.09. The van der Waals surface area contributed by atoms with Gasteiger partial charge in [0, 0.05) is 74.2 Å². The van der Waals surface area contributed by atoms with E-state index in [4.69, 9.17) is 4.74 Å². The lowest BCUT2D eigenvalue weighted by atomic mass is 9.95. The molecule has 5 rings (SSSR count). The molecule has 1 aromatic carbocycles. The van der Waals surface area contributed by atoms with Gasteiger partial charge < -0.3 is 15.4 Å². The molecule has 0 unspecified atom stereocenters. The third kappa shape index (κ3) is 5.73. The van der Waals surface area contributed by atoms with Crippen LogP contribution < -0.4 is 10.6 Å². The van der Waals surface area contributed by atoms with Crippen molar-refractivity contribution in [1.82, 2.24) is 30.2 Å². The Morgan fingerprint density at radius 1 is 1.11 bits per heavy atom. The lowest BCUT2D eigenvalue weighted by Crippen LogP contribution is -2.19. The molecule has 1 saturated heterocycles. The van der Waals surface area contributed by atoms with Crippen molar-refractivity contribution >= 4 is 36.1 Å². The normalized spacial score (nSPS) is 14.5. The predicted molar refractivity (Wildman–Crippen MR) is 148 cm³/mol. The zero-order valence-electron chi connectivity index (χ0n) is 21.2. The number of nitrogens with one attached hydrogen (secondary N) is 2. The van der Waals surface area contributed by atoms with Crippen LogP contribution in [0.4, 0.5) is 10.2 Å². The van der Waals surface area contributed by atoms with E-state index in [-0.39, 0.29) is 36.3 Å². The number of benzene rings is 1. The summed E-state index contributed by atoms with van der Waals surface area (Å²) in [4.78, 5) is 34.5. The molecule has 0 spiro atoms. The molecule has 4 aromatic rings. The van der Waals surface area contributed by atoms with Gasteiger partial charge >= 0.3 is 0 Å². The highest BCUT2D eigenvalue weighted by molar-refractivity contribution is 7.59. The Bertz CT molecular complexity index is 1410. The van der Waals surface area contributed by atoms with Crippen molar-refractivity contribution in [3.05, 3.63) is 72.0 Å². The van der Waals surface area contributed by atoms with Crippen molar-refractivity contribution < 1.29 is 13.9 Å². The number of carbonyl (C=O) groups excluding carboxylic acids is 1. The van der Waals surface area contributed by atoms with Crippen LogP contribution in [0.5, 0.6) is 0 Å². The third-order valence-electron chi connectivity index (χ3n) is 6.69. The first kappa shape index (κ1) is 27.3. The van der Waals surface area contributed by atoms with Gasteiger partial charge in [-0.2, -0.15) is 13.5 Å². The molecular formula is C27H30FN7O2S. The molecule has 38 heavy (non-hydrogen) atoms. The Morgan fingerprint density at radius 2 is 1.87 bits per heavy atom. The van der Waals surface area contributed by atoms with Crippen molar-refractivity contribution in [3.8, 4) is 11.3 Å². The molecule has 9 nitrogen and oxygen atoms in total. The molecule has 0 bridgehead atoms. The first-order chi connectivity index (χ1) is 18.0. The Hall–Kier alpha value is -3.70. The molecule has 0 saturated carbocycles. The highest BCUT2D eigenvalue weighted by Crippen LogP contribution is 2.29. The van der Waals surface area contributed by atoms with Gasteiger partial charge in [0.1, 0.15) is 23.8 Å². The van der Waals surface area contributed by atoms with Crippen molar-refractivity contribution in [2.75, 3.05) is 32.1 Å². The summed E-state index contributed by atoms with van der Waals surface area (Å²) < 4.78 is 20.1. The molecular weight excluding hydrogens is 505 g/mol. The maximum atomic E-state index is 14.7. The number of ether oxygens (including phenoxy) is 1. The van der Waals surface area contributed by atoms with Crippen LogP contribution in [0.25, 0.3) is 22.2 Å². The number of nitrogens with zero attached hydrogens (tertiary/aromatic N) is 5. The molecule has 198 valence electrons. The summed E-state index contributed by atoms with van der Waals surface area (Å²) >= 11 is 0. The zero-order valence-corrected chi connectivity index (χ0v) is 22.2. The number of carbonyl (C=O) groups is 1. The van der Waals surface area contributed by atoms with Crippen LogP contribution >= 0.6 is 13.5 Å². The van der Waals surface area contributed by atoms with E-state index in [1.165, 1.54) is 31.7 Å². The van der Waals surface area contributed by atoms with E-state index in [2.05, 4.69) is 35.6 Å². The first-order valence-corrected chi connectivity index (χ1v) is 12.3. The van der Waals surface area contributed by atoms with Gasteiger partial charge in [-0.1, -0.05) is 13.0 Å². The molecule has 0 radical (unpaired) electrons. The van der Waals surface area contributed by atoms with E-state index >= 15 is 0 Å². The fourth-order valence-electron chi connectivity index (χ4n) is 4.59. The molecule has 2 N–H and O–H groups in total. The molecule has 1 fully saturated rings. The highest BCUT2D eigenvalue weighted by Gasteiger charge is 2.20. The number of amides is 1. The van der Waals surface area contributed by atoms with E-state index in [0.717, 1.165) is 43.0 Å². The molecule has 1 aliphatic rings. The number of fused-ring (bicyclic) bond motifs is 1. The lowest BCUT2D eigenvalue weighted by molar-refractivity contribution is 0.0836. The number of aromatic nitrogens is 5. The van der Waals surface area contributed by atoms with Gasteiger partial charge in [0.15, 0.2) is 0 Å². The fraction of sp³-hybridized carbons (Fsp3) is 0.333. The third-order valence-corrected chi connectivity index (χ3v) is 6.69. The van der Waals surface area contributed by atoms with Crippen LogP contribution in [0.15, 0.2) is 49.2 Å². The Balaban J connectivity index is 0.00000336. The van der Waals surface area contributed by atoms with Gasteiger partial charge in [0.05, 0.1) is 16.8 Å². The van der Waals surface area contributed by atoms with Crippen LogP contribution in [0.1, 0.15) is 53.3 Å². The van der Waals surface area contributed by atoms with Gasteiger partial charge in [-0.05, 0) is 30.5 Å². The quantitative estimate of drug-likeness (QED) is 0.362. The summed E-state index contributed by atoms with van der Waals surface area (Å²) in [5.74, 6) is 0.944. The second kappa shape index (κ2) is 12.2. The minimum atomic E-state index is -0.476. The average Bonchev–Trinajstić information content (AvgIpc) is 2.96. The number of hydrogen-bond acceptors (Lipinski definition) is 8. The van der Waals surface area contributed by atoms with Crippen LogP contribution in [0.2, 0.25) is 0 Å². The van der Waals surface area contributed by atoms with Crippen molar-refractivity contribution in [2.24, 2.45) is 0 Å². The van der Waals surface area contributed by atoms with Crippen LogP contribution in [-0.2, 0) is 4.74 Å². The SMILES string of the molecule is CNC(=O)c1ccnc2c([C@H](C)CNc3cc(-c4cnc(C5CCOCC5)nc4)ncn3)ccc(F)c12.S. The maximum absolute atomic E-state index is 14.7. The number of halogens is 1. The Kier molecular flexibility index (Phi) is 8.80. The summed E-state index contributed by atoms with van der Waals surface area (Å²) in [5, 5.41) is 6.12. The van der Waals surface area contributed by atoms with Crippen molar-refractivity contribution in [2.45, 2.75) is 31.6 Å². The van der Waals surface area contributed by atoms with Crippen molar-refractivity contribution in [1.29, 1.82) is 0 Å². The number of rotatable bonds is 7. The fourth-order valence-corrected chi connectivity index (χ4v) is 4.59. The van der Waals surface area contributed by atoms with E-state index in [0.29, 0.717) is 29.5 Å². The molecule has 1 aliphatic heterocycles. The van der Waals surface area contributed by atoms with Gasteiger partial charge in [0.2, 0.25) is 0 Å². The highest BCUT2D eigenvalue weighted by atomic mass is 32.1. The van der Waals surface area contributed by atoms with Gasteiger partial charge in [0.25, 0.3) is 5.91 Å². The summed E-state index contributed by atoms with van der Waals surface area (Å²) in [6.45, 7) is 4.02. The topological polar surface area (TPSA) is 115 Å². The summed E-state index contributed by atoms with van der Waals surface area (Å²) in [6, 6.07) is 6.48. The minimum Gasteiger partial charge on any atom is -0.381 e. The van der Waals surface area contributed by atoms with E-state index < -0.39 is 5.82 Å². The second-order valence-corrected chi connectivity index (χ2v) is 9.08. The monoisotopic (exact) mass is 535 g/mol. The summed E-state index contributed by atoms with van der Waals surface area (Å²) in [7, 11) is 1.52. The number of pyridine rings is 1. The van der Waals surface area contributed by atoms with E-state index in [1.807, 2.05) is 13.0 Å². The number of hydrogen-bond donors (Lipinski definition) is 2. The van der Waals surface area contributed by atoms with E-state index in [9.17, 15) is 9.18 Å². The van der Waals surface area contributed by atoms with Gasteiger partial charge in [-0.25, -0.2) is 24.3 Å². The zero-order chi connectivity index (χ0) is 25.8. The molecule has 1 amide bonds. The minimum absolute atomic E-state index is 0. The Labute approximate surface area is 227 Å². The predicted octanol–water partition coefficient (Wildman–Crippen LogP) is 4.20. The molecule has 4 heterocycles. The smallest absolute Gasteiger partial charge is 0.251 e. The molecule has 11 heteroatoms. The largest absolute Gasteiger partial charge is 0.381 e. The molecule has 3 aromatic heterocycles. The molecule has 1 atom stereocenters. The average molecular weight is 536 g/mol. The maximum Gasteiger partial charge on any atom is 0.251 e. The Morgan fingerprint density at radius 3 is 2.61 bits per heavy atom. The number of anilines is 1. The van der Waals surface area contributed by atoms with Crippen LogP contribution in [0, 0.1) is 5.82 Å². The van der Waals surface area contributed by atoms with Crippen molar-refractivity contribution in [3.63, 3.8) is 0 Å².